The topological polar surface area (TPSA) is 35.5 Å². The van der Waals surface area contributed by atoms with E-state index in [2.05, 4.69) is 0 Å². The van der Waals surface area contributed by atoms with Crippen LogP contribution in [0.4, 0.5) is 4.39 Å². The first kappa shape index (κ1) is 15.5. The Kier molecular flexibility index (Phi) is 4.30. The Morgan fingerprint density at radius 2 is 2.00 bits per heavy atom. The molecule has 1 aromatic heterocycles. The summed E-state index contributed by atoms with van der Waals surface area (Å²) in [6.07, 6.45) is 0. The SMILES string of the molecule is COC(=O)c1c(C)sc2ccc(OCc3ccccc3F)cc12. The normalized spacial score (nSPS) is 10.7. The maximum atomic E-state index is 13.6. The molecule has 0 fully saturated rings. The summed E-state index contributed by atoms with van der Waals surface area (Å²) in [5.41, 5.74) is 1.05. The fourth-order valence-corrected chi connectivity index (χ4v) is 3.45. The molecule has 0 bridgehead atoms. The minimum Gasteiger partial charge on any atom is -0.489 e. The third-order valence-electron chi connectivity index (χ3n) is 3.58. The molecule has 0 N–H and O–H groups in total. The predicted octanol–water partition coefficient (Wildman–Crippen LogP) is 4.71. The van der Waals surface area contributed by atoms with E-state index in [-0.39, 0.29) is 18.4 Å². The summed E-state index contributed by atoms with van der Waals surface area (Å²) in [5.74, 6) is -0.0704. The molecule has 5 heteroatoms. The number of halogens is 1. The van der Waals surface area contributed by atoms with E-state index in [1.54, 1.807) is 24.3 Å². The molecule has 0 unspecified atom stereocenters. The van der Waals surface area contributed by atoms with Gasteiger partial charge in [0.25, 0.3) is 0 Å². The summed E-state index contributed by atoms with van der Waals surface area (Å²) in [6.45, 7) is 2.02. The van der Waals surface area contributed by atoms with Crippen molar-refractivity contribution in [2.75, 3.05) is 7.11 Å². The molecular weight excluding hydrogens is 315 g/mol. The Balaban J connectivity index is 1.90. The van der Waals surface area contributed by atoms with Gasteiger partial charge in [-0.1, -0.05) is 18.2 Å². The molecule has 0 spiro atoms. The minimum atomic E-state index is -0.361. The molecule has 2 aromatic carbocycles. The quantitative estimate of drug-likeness (QED) is 0.650. The van der Waals surface area contributed by atoms with Gasteiger partial charge in [0.05, 0.1) is 12.7 Å². The van der Waals surface area contributed by atoms with Crippen LogP contribution in [0.15, 0.2) is 42.5 Å². The van der Waals surface area contributed by atoms with Crippen LogP contribution in [0, 0.1) is 12.7 Å². The number of benzene rings is 2. The van der Waals surface area contributed by atoms with Crippen LogP contribution in [-0.2, 0) is 11.3 Å². The molecule has 0 amide bonds. The van der Waals surface area contributed by atoms with Crippen molar-refractivity contribution in [3.8, 4) is 5.75 Å². The molecule has 0 saturated carbocycles. The number of rotatable bonds is 4. The van der Waals surface area contributed by atoms with Gasteiger partial charge in [0.1, 0.15) is 18.2 Å². The fourth-order valence-electron chi connectivity index (χ4n) is 2.42. The van der Waals surface area contributed by atoms with E-state index in [1.807, 2.05) is 19.1 Å². The average molecular weight is 330 g/mol. The zero-order chi connectivity index (χ0) is 16.4. The number of methoxy groups -OCH3 is 1. The van der Waals surface area contributed by atoms with Crippen LogP contribution in [0.5, 0.6) is 5.75 Å². The molecule has 0 aliphatic rings. The van der Waals surface area contributed by atoms with E-state index < -0.39 is 0 Å². The first-order chi connectivity index (χ1) is 11.1. The van der Waals surface area contributed by atoms with Crippen molar-refractivity contribution in [2.45, 2.75) is 13.5 Å². The van der Waals surface area contributed by atoms with Crippen LogP contribution in [0.1, 0.15) is 20.8 Å². The van der Waals surface area contributed by atoms with Crippen molar-refractivity contribution < 1.29 is 18.7 Å². The first-order valence-corrected chi connectivity index (χ1v) is 7.89. The van der Waals surface area contributed by atoms with Crippen molar-refractivity contribution in [3.63, 3.8) is 0 Å². The minimum absolute atomic E-state index is 0.134. The number of thiophene rings is 1. The summed E-state index contributed by atoms with van der Waals surface area (Å²) in [6, 6.07) is 12.0. The van der Waals surface area contributed by atoms with Gasteiger partial charge in [-0.15, -0.1) is 11.3 Å². The standard InChI is InChI=1S/C18H15FO3S/c1-11-17(18(20)21-2)14-9-13(7-8-16(14)23-11)22-10-12-5-3-4-6-15(12)19/h3-9H,10H2,1-2H3. The predicted molar refractivity (Wildman–Crippen MR) is 88.6 cm³/mol. The third kappa shape index (κ3) is 3.05. The van der Waals surface area contributed by atoms with Crippen molar-refractivity contribution in [3.05, 3.63) is 64.3 Å². The number of carbonyl (C=O) groups excluding carboxylic acids is 1. The molecule has 0 aliphatic carbocycles. The van der Waals surface area contributed by atoms with Gasteiger partial charge in [0.2, 0.25) is 0 Å². The number of hydrogen-bond donors (Lipinski definition) is 0. The Labute approximate surface area is 137 Å². The number of esters is 1. The molecular formula is C18H15FO3S. The summed E-state index contributed by atoms with van der Waals surface area (Å²) in [4.78, 5) is 12.8. The van der Waals surface area contributed by atoms with Crippen LogP contribution >= 0.6 is 11.3 Å². The lowest BCUT2D eigenvalue weighted by Crippen LogP contribution is -2.02. The van der Waals surface area contributed by atoms with E-state index in [0.717, 1.165) is 15.0 Å². The van der Waals surface area contributed by atoms with Crippen molar-refractivity contribution in [1.82, 2.24) is 0 Å². The zero-order valence-electron chi connectivity index (χ0n) is 12.8. The van der Waals surface area contributed by atoms with Crippen LogP contribution < -0.4 is 4.74 Å². The van der Waals surface area contributed by atoms with Crippen molar-refractivity contribution in [2.24, 2.45) is 0 Å². The smallest absolute Gasteiger partial charge is 0.339 e. The van der Waals surface area contributed by atoms with Gasteiger partial charge < -0.3 is 9.47 Å². The monoisotopic (exact) mass is 330 g/mol. The number of aryl methyl sites for hydroxylation is 1. The molecule has 3 aromatic rings. The molecule has 3 nitrogen and oxygen atoms in total. The Hall–Kier alpha value is -2.40. The highest BCUT2D eigenvalue weighted by Gasteiger charge is 2.17. The summed E-state index contributed by atoms with van der Waals surface area (Å²) < 4.78 is 25.1. The highest BCUT2D eigenvalue weighted by Crippen LogP contribution is 2.34. The van der Waals surface area contributed by atoms with Crippen LogP contribution in [0.3, 0.4) is 0 Å². The van der Waals surface area contributed by atoms with E-state index >= 15 is 0 Å². The summed E-state index contributed by atoms with van der Waals surface area (Å²) in [7, 11) is 1.36. The highest BCUT2D eigenvalue weighted by molar-refractivity contribution is 7.19. The van der Waals surface area contributed by atoms with Gasteiger partial charge in [-0.25, -0.2) is 9.18 Å². The Bertz CT molecular complexity index is 870. The Morgan fingerprint density at radius 3 is 2.74 bits per heavy atom. The molecule has 0 saturated heterocycles. The van der Waals surface area contributed by atoms with E-state index in [4.69, 9.17) is 9.47 Å². The molecule has 0 atom stereocenters. The first-order valence-electron chi connectivity index (χ1n) is 7.08. The van der Waals surface area contributed by atoms with Gasteiger partial charge in [-0.3, -0.25) is 0 Å². The second kappa shape index (κ2) is 6.38. The zero-order valence-corrected chi connectivity index (χ0v) is 13.6. The molecule has 0 radical (unpaired) electrons. The second-order valence-corrected chi connectivity index (χ2v) is 6.32. The Morgan fingerprint density at radius 1 is 1.22 bits per heavy atom. The third-order valence-corrected chi connectivity index (χ3v) is 4.66. The molecule has 118 valence electrons. The van der Waals surface area contributed by atoms with Crippen LogP contribution in [0.25, 0.3) is 10.1 Å². The lowest BCUT2D eigenvalue weighted by Gasteiger charge is -2.07. The van der Waals surface area contributed by atoms with Gasteiger partial charge in [0.15, 0.2) is 0 Å². The number of fused-ring (bicyclic) bond motifs is 1. The second-order valence-electron chi connectivity index (χ2n) is 5.06. The largest absolute Gasteiger partial charge is 0.489 e. The number of hydrogen-bond acceptors (Lipinski definition) is 4. The van der Waals surface area contributed by atoms with E-state index in [9.17, 15) is 9.18 Å². The van der Waals surface area contributed by atoms with Crippen LogP contribution in [0.2, 0.25) is 0 Å². The van der Waals surface area contributed by atoms with Gasteiger partial charge in [-0.05, 0) is 31.2 Å². The molecule has 23 heavy (non-hydrogen) atoms. The molecule has 0 aliphatic heterocycles. The van der Waals surface area contributed by atoms with Gasteiger partial charge >= 0.3 is 5.97 Å². The summed E-state index contributed by atoms with van der Waals surface area (Å²) >= 11 is 1.53. The summed E-state index contributed by atoms with van der Waals surface area (Å²) in [5, 5.41) is 0.797. The fraction of sp³-hybridized carbons (Fsp3) is 0.167. The van der Waals surface area contributed by atoms with Crippen molar-refractivity contribution in [1.29, 1.82) is 0 Å². The van der Waals surface area contributed by atoms with Crippen LogP contribution in [-0.4, -0.2) is 13.1 Å². The van der Waals surface area contributed by atoms with E-state index in [0.29, 0.717) is 16.9 Å². The lowest BCUT2D eigenvalue weighted by atomic mass is 10.1. The van der Waals surface area contributed by atoms with Gasteiger partial charge in [0, 0.05) is 20.5 Å². The number of ether oxygens (including phenoxy) is 2. The molecule has 3 rings (SSSR count). The maximum Gasteiger partial charge on any atom is 0.339 e. The van der Waals surface area contributed by atoms with Crippen molar-refractivity contribution >= 4 is 27.4 Å². The maximum absolute atomic E-state index is 13.6. The number of carbonyl (C=O) groups is 1. The van der Waals surface area contributed by atoms with E-state index in [1.165, 1.54) is 24.5 Å². The average Bonchev–Trinajstić information content (AvgIpc) is 2.88. The molecule has 1 heterocycles. The van der Waals surface area contributed by atoms with Gasteiger partial charge in [-0.2, -0.15) is 0 Å². The highest BCUT2D eigenvalue weighted by atomic mass is 32.1. The lowest BCUT2D eigenvalue weighted by molar-refractivity contribution is 0.0603.